The Bertz CT molecular complexity index is 1060. The third-order valence-corrected chi connectivity index (χ3v) is 4.19. The van der Waals surface area contributed by atoms with Crippen LogP contribution in [0.25, 0.3) is 28.0 Å². The maximum absolute atomic E-state index is 13.4. The van der Waals surface area contributed by atoms with Crippen LogP contribution in [0.4, 0.5) is 4.39 Å². The SMILES string of the molecule is CC(C)n1c(C=CC(=O)O)c(-c2ccc(F)cc2)c2ccccc2c1=O. The minimum absolute atomic E-state index is 0.181. The Labute approximate surface area is 149 Å². The quantitative estimate of drug-likeness (QED) is 0.705. The number of fused-ring (bicyclic) bond motifs is 1. The van der Waals surface area contributed by atoms with Gasteiger partial charge in [0.15, 0.2) is 0 Å². The second-order valence-electron chi connectivity index (χ2n) is 6.25. The highest BCUT2D eigenvalue weighted by Gasteiger charge is 2.18. The summed E-state index contributed by atoms with van der Waals surface area (Å²) in [5.41, 5.74) is 1.71. The molecule has 0 saturated heterocycles. The lowest BCUT2D eigenvalue weighted by atomic mass is 9.96. The van der Waals surface area contributed by atoms with Crippen molar-refractivity contribution in [2.75, 3.05) is 0 Å². The van der Waals surface area contributed by atoms with E-state index in [4.69, 9.17) is 5.11 Å². The first-order valence-corrected chi connectivity index (χ1v) is 8.24. The van der Waals surface area contributed by atoms with Gasteiger partial charge in [-0.25, -0.2) is 9.18 Å². The van der Waals surface area contributed by atoms with Crippen molar-refractivity contribution >= 4 is 22.8 Å². The summed E-state index contributed by atoms with van der Waals surface area (Å²) in [6.45, 7) is 3.73. The third kappa shape index (κ3) is 3.16. The van der Waals surface area contributed by atoms with Crippen LogP contribution in [-0.2, 0) is 4.79 Å². The number of pyridine rings is 1. The van der Waals surface area contributed by atoms with Crippen molar-refractivity contribution in [3.05, 3.63) is 76.5 Å². The summed E-state index contributed by atoms with van der Waals surface area (Å²) in [4.78, 5) is 24.1. The molecule has 0 bridgehead atoms. The lowest BCUT2D eigenvalue weighted by molar-refractivity contribution is -0.131. The summed E-state index contributed by atoms with van der Waals surface area (Å²) in [5.74, 6) is -1.47. The van der Waals surface area contributed by atoms with E-state index in [1.165, 1.54) is 18.2 Å². The number of rotatable bonds is 4. The number of carbonyl (C=O) groups is 1. The lowest BCUT2D eigenvalue weighted by Crippen LogP contribution is -2.25. The first-order valence-electron chi connectivity index (χ1n) is 8.24. The van der Waals surface area contributed by atoms with Gasteiger partial charge in [0.1, 0.15) is 5.82 Å². The van der Waals surface area contributed by atoms with Gasteiger partial charge in [0.25, 0.3) is 5.56 Å². The maximum atomic E-state index is 13.4. The van der Waals surface area contributed by atoms with E-state index in [2.05, 4.69) is 0 Å². The van der Waals surface area contributed by atoms with Gasteiger partial charge in [0.05, 0.1) is 5.69 Å². The number of benzene rings is 2. The molecule has 0 spiro atoms. The molecule has 1 heterocycles. The van der Waals surface area contributed by atoms with Crippen molar-refractivity contribution in [1.82, 2.24) is 4.57 Å². The molecule has 0 aliphatic heterocycles. The summed E-state index contributed by atoms with van der Waals surface area (Å²) in [6.07, 6.45) is 2.43. The van der Waals surface area contributed by atoms with Crippen molar-refractivity contribution in [2.24, 2.45) is 0 Å². The zero-order chi connectivity index (χ0) is 18.8. The minimum Gasteiger partial charge on any atom is -0.478 e. The molecule has 0 unspecified atom stereocenters. The van der Waals surface area contributed by atoms with Crippen LogP contribution in [0.3, 0.4) is 0 Å². The zero-order valence-electron chi connectivity index (χ0n) is 14.4. The van der Waals surface area contributed by atoms with Crippen LogP contribution < -0.4 is 5.56 Å². The van der Waals surface area contributed by atoms with Crippen LogP contribution in [0.15, 0.2) is 59.4 Å². The smallest absolute Gasteiger partial charge is 0.328 e. The first kappa shape index (κ1) is 17.6. The molecule has 0 aliphatic carbocycles. The molecular weight excluding hydrogens is 333 g/mol. The van der Waals surface area contributed by atoms with Crippen LogP contribution in [-0.4, -0.2) is 15.6 Å². The van der Waals surface area contributed by atoms with Crippen molar-refractivity contribution in [3.63, 3.8) is 0 Å². The van der Waals surface area contributed by atoms with E-state index in [1.807, 2.05) is 26.0 Å². The molecule has 4 nitrogen and oxygen atoms in total. The Hall–Kier alpha value is -3.21. The van der Waals surface area contributed by atoms with Gasteiger partial charge in [-0.2, -0.15) is 0 Å². The highest BCUT2D eigenvalue weighted by Crippen LogP contribution is 2.32. The van der Waals surface area contributed by atoms with Crippen LogP contribution in [0.1, 0.15) is 25.6 Å². The van der Waals surface area contributed by atoms with Gasteiger partial charge in [-0.3, -0.25) is 4.79 Å². The summed E-state index contributed by atoms with van der Waals surface area (Å²) in [5, 5.41) is 10.3. The van der Waals surface area contributed by atoms with E-state index >= 15 is 0 Å². The van der Waals surface area contributed by atoms with Crippen LogP contribution >= 0.6 is 0 Å². The fourth-order valence-corrected chi connectivity index (χ4v) is 3.13. The van der Waals surface area contributed by atoms with Gasteiger partial charge >= 0.3 is 5.97 Å². The largest absolute Gasteiger partial charge is 0.478 e. The molecule has 2 aromatic carbocycles. The van der Waals surface area contributed by atoms with E-state index < -0.39 is 5.97 Å². The predicted molar refractivity (Wildman–Crippen MR) is 101 cm³/mol. The van der Waals surface area contributed by atoms with E-state index in [9.17, 15) is 14.0 Å². The molecule has 3 aromatic rings. The second-order valence-corrected chi connectivity index (χ2v) is 6.25. The number of carboxylic acid groups (broad SMARTS) is 1. The molecule has 132 valence electrons. The molecule has 5 heteroatoms. The Kier molecular flexibility index (Phi) is 4.71. The number of hydrogen-bond acceptors (Lipinski definition) is 2. The van der Waals surface area contributed by atoms with Crippen LogP contribution in [0, 0.1) is 5.82 Å². The lowest BCUT2D eigenvalue weighted by Gasteiger charge is -2.20. The van der Waals surface area contributed by atoms with Gasteiger partial charge in [-0.15, -0.1) is 0 Å². The number of halogens is 1. The third-order valence-electron chi connectivity index (χ3n) is 4.19. The molecule has 3 rings (SSSR count). The molecule has 1 N–H and O–H groups in total. The van der Waals surface area contributed by atoms with E-state index in [-0.39, 0.29) is 17.4 Å². The summed E-state index contributed by atoms with van der Waals surface area (Å²) < 4.78 is 15.0. The van der Waals surface area contributed by atoms with E-state index in [1.54, 1.807) is 28.8 Å². The zero-order valence-corrected chi connectivity index (χ0v) is 14.4. The maximum Gasteiger partial charge on any atom is 0.328 e. The van der Waals surface area contributed by atoms with Crippen molar-refractivity contribution < 1.29 is 14.3 Å². The number of hydrogen-bond donors (Lipinski definition) is 1. The summed E-state index contributed by atoms with van der Waals surface area (Å²) in [6, 6.07) is 12.9. The first-order chi connectivity index (χ1) is 12.4. The van der Waals surface area contributed by atoms with Gasteiger partial charge < -0.3 is 9.67 Å². The molecule has 0 aliphatic rings. The number of aromatic nitrogens is 1. The second kappa shape index (κ2) is 6.96. The topological polar surface area (TPSA) is 59.3 Å². The van der Waals surface area contributed by atoms with Gasteiger partial charge in [-0.1, -0.05) is 30.3 Å². The predicted octanol–water partition coefficient (Wildman–Crippen LogP) is 4.49. The average molecular weight is 351 g/mol. The average Bonchev–Trinajstić information content (AvgIpc) is 2.61. The fraction of sp³-hybridized carbons (Fsp3) is 0.143. The molecule has 26 heavy (non-hydrogen) atoms. The number of nitrogens with zero attached hydrogens (tertiary/aromatic N) is 1. The normalized spacial score (nSPS) is 11.5. The summed E-state index contributed by atoms with van der Waals surface area (Å²) in [7, 11) is 0. The van der Waals surface area contributed by atoms with Crippen LogP contribution in [0.5, 0.6) is 0 Å². The molecule has 0 amide bonds. The standard InChI is InChI=1S/C21H18FNO3/c1-13(2)23-18(11-12-19(24)25)20(14-7-9-15(22)10-8-14)16-5-3-4-6-17(16)21(23)26/h3-13H,1-2H3,(H,24,25). The monoisotopic (exact) mass is 351 g/mol. The van der Waals surface area contributed by atoms with Gasteiger partial charge in [0, 0.05) is 23.1 Å². The Morgan fingerprint density at radius 3 is 2.27 bits per heavy atom. The molecular formula is C21H18FNO3. The van der Waals surface area contributed by atoms with Crippen molar-refractivity contribution in [2.45, 2.75) is 19.9 Å². The molecule has 1 aromatic heterocycles. The molecule has 0 saturated carbocycles. The van der Waals surface area contributed by atoms with Crippen molar-refractivity contribution in [3.8, 4) is 11.1 Å². The Morgan fingerprint density at radius 1 is 1.08 bits per heavy atom. The fourth-order valence-electron chi connectivity index (χ4n) is 3.13. The number of carboxylic acids is 1. The van der Waals surface area contributed by atoms with Crippen molar-refractivity contribution in [1.29, 1.82) is 0 Å². The minimum atomic E-state index is -1.11. The van der Waals surface area contributed by atoms with Crippen LogP contribution in [0.2, 0.25) is 0 Å². The van der Waals surface area contributed by atoms with Gasteiger partial charge in [0.2, 0.25) is 0 Å². The Balaban J connectivity index is 2.51. The van der Waals surface area contributed by atoms with E-state index in [0.717, 1.165) is 6.08 Å². The highest BCUT2D eigenvalue weighted by atomic mass is 19.1. The summed E-state index contributed by atoms with van der Waals surface area (Å²) >= 11 is 0. The number of aliphatic carboxylic acids is 1. The Morgan fingerprint density at radius 2 is 1.69 bits per heavy atom. The molecule has 0 atom stereocenters. The highest BCUT2D eigenvalue weighted by molar-refractivity contribution is 6.00. The van der Waals surface area contributed by atoms with E-state index in [0.29, 0.717) is 27.6 Å². The van der Waals surface area contributed by atoms with Gasteiger partial charge in [-0.05, 0) is 49.1 Å². The molecule has 0 fully saturated rings. The molecule has 0 radical (unpaired) electrons.